The smallest absolute Gasteiger partial charge is 0.279 e. The summed E-state index contributed by atoms with van der Waals surface area (Å²) >= 11 is 0. The zero-order valence-corrected chi connectivity index (χ0v) is 13.9. The number of hydrogen-bond donors (Lipinski definition) is 2. The van der Waals surface area contributed by atoms with E-state index in [-0.39, 0.29) is 5.91 Å². The fraction of sp³-hybridized carbons (Fsp3) is 0.316. The molecule has 0 spiro atoms. The molecular weight excluding hydrogens is 272 g/mol. The van der Waals surface area contributed by atoms with Crippen molar-refractivity contribution in [3.8, 4) is 0 Å². The van der Waals surface area contributed by atoms with Crippen LogP contribution in [0.1, 0.15) is 22.3 Å². The number of aryl methyl sites for hydroxylation is 3. The number of amides is 1. The van der Waals surface area contributed by atoms with Crippen LogP contribution in [0.3, 0.4) is 0 Å². The highest BCUT2D eigenvalue weighted by Gasteiger charge is 2.11. The highest BCUT2D eigenvalue weighted by molar-refractivity contribution is 5.91. The van der Waals surface area contributed by atoms with Crippen LogP contribution in [0.15, 0.2) is 42.5 Å². The maximum Gasteiger partial charge on any atom is 0.279 e. The van der Waals surface area contributed by atoms with Crippen LogP contribution in [-0.4, -0.2) is 19.5 Å². The van der Waals surface area contributed by atoms with Gasteiger partial charge in [0.05, 0.1) is 7.05 Å². The molecule has 1 unspecified atom stereocenters. The molecule has 0 aliphatic carbocycles. The first-order chi connectivity index (χ1) is 10.4. The summed E-state index contributed by atoms with van der Waals surface area (Å²) in [7, 11) is 2.04. The molecule has 2 aromatic carbocycles. The lowest BCUT2D eigenvalue weighted by molar-refractivity contribution is -0.885. The van der Waals surface area contributed by atoms with Crippen LogP contribution >= 0.6 is 0 Å². The van der Waals surface area contributed by atoms with Gasteiger partial charge in [-0.1, -0.05) is 35.9 Å². The first kappa shape index (κ1) is 16.2. The van der Waals surface area contributed by atoms with E-state index in [0.717, 1.165) is 12.2 Å². The predicted octanol–water partition coefficient (Wildman–Crippen LogP) is 2.27. The van der Waals surface area contributed by atoms with Crippen molar-refractivity contribution in [3.63, 3.8) is 0 Å². The molecule has 0 heterocycles. The van der Waals surface area contributed by atoms with Crippen LogP contribution in [-0.2, 0) is 11.3 Å². The Hall–Kier alpha value is -2.13. The van der Waals surface area contributed by atoms with Gasteiger partial charge in [0.1, 0.15) is 6.54 Å². The number of likely N-dealkylation sites (N-methyl/N-ethyl adjacent to an activating group) is 1. The molecule has 2 N–H and O–H groups in total. The summed E-state index contributed by atoms with van der Waals surface area (Å²) < 4.78 is 0. The highest BCUT2D eigenvalue weighted by atomic mass is 16.2. The molecule has 0 radical (unpaired) electrons. The minimum absolute atomic E-state index is 0.0489. The fourth-order valence-electron chi connectivity index (χ4n) is 2.42. The summed E-state index contributed by atoms with van der Waals surface area (Å²) in [5.74, 6) is 0.0489. The van der Waals surface area contributed by atoms with Crippen molar-refractivity contribution in [1.82, 2.24) is 0 Å². The second-order valence-electron chi connectivity index (χ2n) is 6.14. The number of quaternary nitrogens is 1. The van der Waals surface area contributed by atoms with E-state index < -0.39 is 0 Å². The van der Waals surface area contributed by atoms with Crippen LogP contribution in [0.4, 0.5) is 5.69 Å². The maximum atomic E-state index is 12.1. The Morgan fingerprint density at radius 3 is 2.32 bits per heavy atom. The van der Waals surface area contributed by atoms with Crippen molar-refractivity contribution in [3.05, 3.63) is 64.7 Å². The van der Waals surface area contributed by atoms with E-state index in [1.807, 2.05) is 25.2 Å². The van der Waals surface area contributed by atoms with E-state index >= 15 is 0 Å². The molecule has 0 saturated carbocycles. The molecule has 3 heteroatoms. The third kappa shape index (κ3) is 4.71. The van der Waals surface area contributed by atoms with Crippen molar-refractivity contribution in [1.29, 1.82) is 0 Å². The molecule has 116 valence electrons. The van der Waals surface area contributed by atoms with Gasteiger partial charge < -0.3 is 10.2 Å². The summed E-state index contributed by atoms with van der Waals surface area (Å²) in [5.41, 5.74) is 5.81. The van der Waals surface area contributed by atoms with Gasteiger partial charge in [0, 0.05) is 11.3 Å². The Labute approximate surface area is 133 Å². The van der Waals surface area contributed by atoms with Gasteiger partial charge in [-0.05, 0) is 44.0 Å². The van der Waals surface area contributed by atoms with E-state index in [9.17, 15) is 4.79 Å². The number of nitrogens with one attached hydrogen (secondary N) is 2. The minimum Gasteiger partial charge on any atom is -0.326 e. The lowest BCUT2D eigenvalue weighted by atomic mass is 10.1. The highest BCUT2D eigenvalue weighted by Crippen LogP contribution is 2.13. The summed E-state index contributed by atoms with van der Waals surface area (Å²) in [6, 6.07) is 14.5. The Balaban J connectivity index is 1.88. The van der Waals surface area contributed by atoms with Crippen molar-refractivity contribution < 1.29 is 9.69 Å². The quantitative estimate of drug-likeness (QED) is 0.872. The molecule has 3 nitrogen and oxygen atoms in total. The van der Waals surface area contributed by atoms with Gasteiger partial charge in [-0.3, -0.25) is 4.79 Å². The zero-order chi connectivity index (χ0) is 16.1. The Bertz CT molecular complexity index is 647. The van der Waals surface area contributed by atoms with E-state index in [2.05, 4.69) is 50.4 Å². The van der Waals surface area contributed by atoms with Crippen LogP contribution in [0.2, 0.25) is 0 Å². The zero-order valence-electron chi connectivity index (χ0n) is 13.9. The Morgan fingerprint density at radius 1 is 1.00 bits per heavy atom. The van der Waals surface area contributed by atoms with Gasteiger partial charge in [0.15, 0.2) is 6.54 Å². The molecule has 0 aliphatic rings. The van der Waals surface area contributed by atoms with Gasteiger partial charge in [-0.25, -0.2) is 0 Å². The minimum atomic E-state index is 0.0489. The lowest BCUT2D eigenvalue weighted by Crippen LogP contribution is -3.08. The molecule has 0 saturated heterocycles. The van der Waals surface area contributed by atoms with Crippen molar-refractivity contribution in [2.75, 3.05) is 18.9 Å². The van der Waals surface area contributed by atoms with Gasteiger partial charge in [0.25, 0.3) is 5.91 Å². The van der Waals surface area contributed by atoms with Gasteiger partial charge in [0.2, 0.25) is 0 Å². The van der Waals surface area contributed by atoms with Crippen LogP contribution in [0.25, 0.3) is 0 Å². The molecule has 1 atom stereocenters. The lowest BCUT2D eigenvalue weighted by Gasteiger charge is -2.14. The third-order valence-electron chi connectivity index (χ3n) is 3.88. The topological polar surface area (TPSA) is 33.5 Å². The standard InChI is InChI=1S/C19H24N2O/c1-14-5-8-17(9-6-14)12-21(4)13-19(22)20-18-10-7-15(2)16(3)11-18/h5-11H,12-13H2,1-4H3,(H,20,22)/p+1. The average Bonchev–Trinajstić information content (AvgIpc) is 2.45. The second-order valence-corrected chi connectivity index (χ2v) is 6.14. The number of rotatable bonds is 5. The third-order valence-corrected chi connectivity index (χ3v) is 3.88. The number of hydrogen-bond acceptors (Lipinski definition) is 1. The second kappa shape index (κ2) is 7.23. The van der Waals surface area contributed by atoms with E-state index in [4.69, 9.17) is 0 Å². The number of anilines is 1. The molecule has 2 aromatic rings. The molecule has 1 amide bonds. The van der Waals surface area contributed by atoms with Gasteiger partial charge in [-0.2, -0.15) is 0 Å². The first-order valence-electron chi connectivity index (χ1n) is 7.68. The molecule has 2 rings (SSSR count). The van der Waals surface area contributed by atoms with Gasteiger partial charge in [-0.15, -0.1) is 0 Å². The first-order valence-corrected chi connectivity index (χ1v) is 7.68. The van der Waals surface area contributed by atoms with Crippen molar-refractivity contribution >= 4 is 11.6 Å². The maximum absolute atomic E-state index is 12.1. The van der Waals surface area contributed by atoms with Crippen LogP contribution in [0.5, 0.6) is 0 Å². The van der Waals surface area contributed by atoms with Crippen molar-refractivity contribution in [2.24, 2.45) is 0 Å². The van der Waals surface area contributed by atoms with E-state index in [1.165, 1.54) is 27.2 Å². The number of benzene rings is 2. The molecule has 0 fully saturated rings. The van der Waals surface area contributed by atoms with E-state index in [0.29, 0.717) is 6.54 Å². The van der Waals surface area contributed by atoms with E-state index in [1.54, 1.807) is 0 Å². The molecule has 0 aliphatic heterocycles. The molecular formula is C19H25N2O+. The normalized spacial score (nSPS) is 12.0. The van der Waals surface area contributed by atoms with Crippen molar-refractivity contribution in [2.45, 2.75) is 27.3 Å². The Morgan fingerprint density at radius 2 is 1.68 bits per heavy atom. The largest absolute Gasteiger partial charge is 0.326 e. The van der Waals surface area contributed by atoms with Gasteiger partial charge >= 0.3 is 0 Å². The number of carbonyl (C=O) groups excluding carboxylic acids is 1. The van der Waals surface area contributed by atoms with Crippen LogP contribution < -0.4 is 10.2 Å². The summed E-state index contributed by atoms with van der Waals surface area (Å²) in [6.07, 6.45) is 0. The monoisotopic (exact) mass is 297 g/mol. The summed E-state index contributed by atoms with van der Waals surface area (Å²) in [5, 5.41) is 2.98. The molecule has 22 heavy (non-hydrogen) atoms. The number of carbonyl (C=O) groups is 1. The summed E-state index contributed by atoms with van der Waals surface area (Å²) in [6.45, 7) is 7.51. The fourth-order valence-corrected chi connectivity index (χ4v) is 2.42. The summed E-state index contributed by atoms with van der Waals surface area (Å²) in [4.78, 5) is 13.3. The predicted molar refractivity (Wildman–Crippen MR) is 91.2 cm³/mol. The molecule has 0 bridgehead atoms. The van der Waals surface area contributed by atoms with Crippen LogP contribution in [0, 0.1) is 20.8 Å². The average molecular weight is 297 g/mol. The Kier molecular flexibility index (Phi) is 5.34. The molecule has 0 aromatic heterocycles. The SMILES string of the molecule is Cc1ccc(C[NH+](C)CC(=O)Nc2ccc(C)c(C)c2)cc1.